The Hall–Kier alpha value is -3.63. The first-order valence-corrected chi connectivity index (χ1v) is 11.1. The van der Waals surface area contributed by atoms with E-state index in [0.717, 1.165) is 33.9 Å². The van der Waals surface area contributed by atoms with Crippen LogP contribution in [-0.2, 0) is 31.0 Å². The van der Waals surface area contributed by atoms with Gasteiger partial charge in [0.05, 0.1) is 6.61 Å². The maximum atomic E-state index is 12.7. The van der Waals surface area contributed by atoms with E-state index in [9.17, 15) is 14.9 Å². The molecule has 0 aliphatic carbocycles. The van der Waals surface area contributed by atoms with Gasteiger partial charge in [0.2, 0.25) is 0 Å². The Bertz CT molecular complexity index is 1210. The first kappa shape index (κ1) is 25.0. The molecule has 0 amide bonds. The molecule has 7 heteroatoms. The minimum Gasteiger partial charge on any atom is -0.453 e. The van der Waals surface area contributed by atoms with Crippen molar-refractivity contribution in [3.8, 4) is 6.07 Å². The molecule has 1 aromatic carbocycles. The fourth-order valence-electron chi connectivity index (χ4n) is 4.46. The van der Waals surface area contributed by atoms with E-state index in [0.29, 0.717) is 13.2 Å². The smallest absolute Gasteiger partial charge is 0.349 e. The summed E-state index contributed by atoms with van der Waals surface area (Å²) >= 11 is 0. The van der Waals surface area contributed by atoms with Crippen molar-refractivity contribution in [2.24, 2.45) is 0 Å². The second-order valence-corrected chi connectivity index (χ2v) is 8.91. The highest BCUT2D eigenvalue weighted by Crippen LogP contribution is 2.46. The number of hydrogen-bond acceptors (Lipinski definition) is 6. The Labute approximate surface area is 200 Å². The summed E-state index contributed by atoms with van der Waals surface area (Å²) < 4.78 is 12.4. The van der Waals surface area contributed by atoms with Gasteiger partial charge in [-0.05, 0) is 43.2 Å². The number of aromatic nitrogens is 1. The Morgan fingerprint density at radius 2 is 1.91 bits per heavy atom. The van der Waals surface area contributed by atoms with Crippen LogP contribution < -0.4 is 4.90 Å². The molecule has 0 bridgehead atoms. The highest BCUT2D eigenvalue weighted by molar-refractivity contribution is 6.00. The van der Waals surface area contributed by atoms with Gasteiger partial charge in [-0.2, -0.15) is 5.26 Å². The van der Waals surface area contributed by atoms with Gasteiger partial charge in [0, 0.05) is 55.0 Å². The van der Waals surface area contributed by atoms with Gasteiger partial charge >= 0.3 is 5.97 Å². The van der Waals surface area contributed by atoms with Gasteiger partial charge in [-0.15, -0.1) is 0 Å². The number of aryl methyl sites for hydroxylation is 1. The molecule has 3 rings (SSSR count). The van der Waals surface area contributed by atoms with Crippen molar-refractivity contribution in [2.45, 2.75) is 39.7 Å². The van der Waals surface area contributed by atoms with E-state index in [-0.39, 0.29) is 16.8 Å². The molecule has 34 heavy (non-hydrogen) atoms. The monoisotopic (exact) mass is 461 g/mol. The van der Waals surface area contributed by atoms with Gasteiger partial charge in [0.1, 0.15) is 11.6 Å². The van der Waals surface area contributed by atoms with Crippen molar-refractivity contribution in [2.75, 3.05) is 32.3 Å². The molecule has 1 aromatic heterocycles. The molecule has 1 aliphatic heterocycles. The van der Waals surface area contributed by atoms with Crippen LogP contribution in [0.4, 0.5) is 5.69 Å². The normalized spacial score (nSPS) is 15.9. The molecule has 0 radical (unpaired) electrons. The number of methoxy groups -OCH3 is 1. The summed E-state index contributed by atoms with van der Waals surface area (Å²) in [5.74, 6) is -1.16. The zero-order chi connectivity index (χ0) is 25.0. The summed E-state index contributed by atoms with van der Waals surface area (Å²) in [5, 5.41) is 9.52. The van der Waals surface area contributed by atoms with Crippen LogP contribution in [-0.4, -0.2) is 43.7 Å². The molecule has 0 saturated heterocycles. The van der Waals surface area contributed by atoms with Gasteiger partial charge in [-0.3, -0.25) is 4.79 Å². The molecular weight excluding hydrogens is 430 g/mol. The largest absolute Gasteiger partial charge is 0.453 e. The van der Waals surface area contributed by atoms with Crippen LogP contribution in [0.5, 0.6) is 0 Å². The van der Waals surface area contributed by atoms with E-state index >= 15 is 0 Å². The Kier molecular flexibility index (Phi) is 7.43. The van der Waals surface area contributed by atoms with Gasteiger partial charge in [-0.1, -0.05) is 32.0 Å². The van der Waals surface area contributed by atoms with Crippen molar-refractivity contribution in [3.05, 3.63) is 70.2 Å². The van der Waals surface area contributed by atoms with Gasteiger partial charge in [0.25, 0.3) is 0 Å². The topological polar surface area (TPSA) is 84.6 Å². The third-order valence-electron chi connectivity index (χ3n) is 6.36. The maximum Gasteiger partial charge on any atom is 0.349 e. The number of ketones is 1. The van der Waals surface area contributed by atoms with E-state index in [1.54, 1.807) is 7.11 Å². The van der Waals surface area contributed by atoms with Crippen LogP contribution in [0.15, 0.2) is 47.7 Å². The number of anilines is 1. The van der Waals surface area contributed by atoms with Crippen LogP contribution in [0, 0.1) is 25.2 Å². The molecule has 0 fully saturated rings. The number of nitrogens with zero attached hydrogens (tertiary/aromatic N) is 3. The zero-order valence-corrected chi connectivity index (χ0v) is 20.6. The predicted molar refractivity (Wildman–Crippen MR) is 131 cm³/mol. The molecule has 2 heterocycles. The Balaban J connectivity index is 1.72. The lowest BCUT2D eigenvalue weighted by Crippen LogP contribution is -2.25. The van der Waals surface area contributed by atoms with Crippen molar-refractivity contribution in [1.82, 2.24) is 4.57 Å². The van der Waals surface area contributed by atoms with Gasteiger partial charge in [-0.25, -0.2) is 4.79 Å². The van der Waals surface area contributed by atoms with Crippen LogP contribution in [0.3, 0.4) is 0 Å². The maximum absolute atomic E-state index is 12.7. The van der Waals surface area contributed by atoms with Gasteiger partial charge < -0.3 is 18.9 Å². The van der Waals surface area contributed by atoms with Crippen molar-refractivity contribution >= 4 is 23.5 Å². The lowest BCUT2D eigenvalue weighted by atomic mass is 9.83. The molecule has 2 aromatic rings. The third kappa shape index (κ3) is 4.82. The number of ether oxygens (including phenoxy) is 2. The second-order valence-electron chi connectivity index (χ2n) is 8.91. The SMILES string of the molecule is COCCn1c(C)cc(/C=C(\C#N)C(=O)OCC(=O)/C=C2\N(C)c3ccccc3C2(C)C)c1C. The number of rotatable bonds is 8. The molecule has 0 spiro atoms. The number of para-hydroxylation sites is 1. The number of allylic oxidation sites excluding steroid dienone is 1. The van der Waals surface area contributed by atoms with Crippen LogP contribution in [0.25, 0.3) is 6.08 Å². The van der Waals surface area contributed by atoms with E-state index in [1.165, 1.54) is 12.2 Å². The number of likely N-dealkylation sites (N-methyl/N-ethyl adjacent to an activating group) is 1. The first-order valence-electron chi connectivity index (χ1n) is 11.1. The number of carbonyl (C=O) groups is 2. The summed E-state index contributed by atoms with van der Waals surface area (Å²) in [6.45, 7) is 8.78. The van der Waals surface area contributed by atoms with Crippen molar-refractivity contribution < 1.29 is 19.1 Å². The fourth-order valence-corrected chi connectivity index (χ4v) is 4.46. The number of benzene rings is 1. The number of fused-ring (bicyclic) bond motifs is 1. The average Bonchev–Trinajstić information content (AvgIpc) is 3.18. The summed E-state index contributed by atoms with van der Waals surface area (Å²) in [5.41, 5.74) is 5.16. The van der Waals surface area contributed by atoms with E-state index in [4.69, 9.17) is 9.47 Å². The number of nitriles is 1. The molecular formula is C27H31N3O4. The second kappa shape index (κ2) is 10.1. The predicted octanol–water partition coefficient (Wildman–Crippen LogP) is 4.08. The van der Waals surface area contributed by atoms with Crippen LogP contribution in [0.2, 0.25) is 0 Å². The molecule has 7 nitrogen and oxygen atoms in total. The van der Waals surface area contributed by atoms with Crippen LogP contribution in [0.1, 0.15) is 36.4 Å². The average molecular weight is 462 g/mol. The molecule has 178 valence electrons. The quantitative estimate of drug-likeness (QED) is 0.335. The van der Waals surface area contributed by atoms with E-state index < -0.39 is 12.6 Å². The number of hydrogen-bond donors (Lipinski definition) is 0. The highest BCUT2D eigenvalue weighted by atomic mass is 16.5. The minimum absolute atomic E-state index is 0.154. The summed E-state index contributed by atoms with van der Waals surface area (Å²) in [7, 11) is 3.55. The summed E-state index contributed by atoms with van der Waals surface area (Å²) in [4.78, 5) is 27.2. The van der Waals surface area contributed by atoms with Crippen LogP contribution >= 0.6 is 0 Å². The minimum atomic E-state index is -0.821. The number of carbonyl (C=O) groups excluding carboxylic acids is 2. The zero-order valence-electron chi connectivity index (χ0n) is 20.6. The standard InChI is InChI=1S/C27H31N3O4/c1-18-13-20(19(2)30(18)11-12-33-6)14-21(16-28)26(32)34-17-22(31)15-25-27(3,4)23-9-7-8-10-24(23)29(25)5/h7-10,13-15H,11-12,17H2,1-6H3/b21-14+,25-15-. The lowest BCUT2D eigenvalue weighted by Gasteiger charge is -2.23. The summed E-state index contributed by atoms with van der Waals surface area (Å²) in [6.07, 6.45) is 3.02. The molecule has 0 atom stereocenters. The van der Waals surface area contributed by atoms with Crippen molar-refractivity contribution in [3.63, 3.8) is 0 Å². The number of esters is 1. The Morgan fingerprint density at radius 1 is 1.21 bits per heavy atom. The molecule has 1 aliphatic rings. The molecule has 0 saturated carbocycles. The van der Waals surface area contributed by atoms with Crippen molar-refractivity contribution in [1.29, 1.82) is 5.26 Å². The third-order valence-corrected chi connectivity index (χ3v) is 6.36. The Morgan fingerprint density at radius 3 is 2.56 bits per heavy atom. The van der Waals surface area contributed by atoms with Gasteiger partial charge in [0.15, 0.2) is 12.4 Å². The lowest BCUT2D eigenvalue weighted by molar-refractivity contribution is -0.142. The van der Waals surface area contributed by atoms with E-state index in [2.05, 4.69) is 18.4 Å². The highest BCUT2D eigenvalue weighted by Gasteiger charge is 2.38. The molecule has 0 unspecified atom stereocenters. The fraction of sp³-hybridized carbons (Fsp3) is 0.370. The molecule has 0 N–H and O–H groups in total. The van der Waals surface area contributed by atoms with E-state index in [1.807, 2.05) is 62.2 Å². The summed E-state index contributed by atoms with van der Waals surface area (Å²) in [6, 6.07) is 11.8. The first-order chi connectivity index (χ1) is 16.1.